The summed E-state index contributed by atoms with van der Waals surface area (Å²) in [6.45, 7) is 4.57. The van der Waals surface area contributed by atoms with Crippen LogP contribution in [0.4, 0.5) is 18.0 Å². The van der Waals surface area contributed by atoms with E-state index in [-0.39, 0.29) is 31.4 Å². The van der Waals surface area contributed by atoms with Crippen LogP contribution in [0.5, 0.6) is 0 Å². The highest BCUT2D eigenvalue weighted by molar-refractivity contribution is 6.31. The quantitative estimate of drug-likeness (QED) is 0.684. The van der Waals surface area contributed by atoms with Crippen molar-refractivity contribution in [3.63, 3.8) is 0 Å². The van der Waals surface area contributed by atoms with Crippen molar-refractivity contribution in [2.24, 2.45) is 4.99 Å². The lowest BCUT2D eigenvalue weighted by Gasteiger charge is -2.43. The number of carbonyl (C=O) groups is 1. The summed E-state index contributed by atoms with van der Waals surface area (Å²) < 4.78 is 38.8. The van der Waals surface area contributed by atoms with Gasteiger partial charge in [-0.15, -0.1) is 0 Å². The average Bonchev–Trinajstić information content (AvgIpc) is 2.99. The Labute approximate surface area is 177 Å². The third-order valence-electron chi connectivity index (χ3n) is 5.22. The van der Waals surface area contributed by atoms with Crippen LogP contribution in [0.25, 0.3) is 0 Å². The van der Waals surface area contributed by atoms with E-state index in [2.05, 4.69) is 16.9 Å². The van der Waals surface area contributed by atoms with Crippen molar-refractivity contribution >= 4 is 23.6 Å². The van der Waals surface area contributed by atoms with E-state index < -0.39 is 16.8 Å². The summed E-state index contributed by atoms with van der Waals surface area (Å²) in [4.78, 5) is 22.1. The number of urea groups is 1. The van der Waals surface area contributed by atoms with Gasteiger partial charge in [-0.2, -0.15) is 13.2 Å². The maximum absolute atomic E-state index is 12.9. The van der Waals surface area contributed by atoms with Crippen LogP contribution in [0.3, 0.4) is 0 Å². The first-order chi connectivity index (χ1) is 14.1. The van der Waals surface area contributed by atoms with Crippen molar-refractivity contribution in [1.82, 2.24) is 20.0 Å². The van der Waals surface area contributed by atoms with E-state index in [9.17, 15) is 18.0 Å². The Morgan fingerprint density at radius 1 is 1.30 bits per heavy atom. The van der Waals surface area contributed by atoms with Gasteiger partial charge in [0.15, 0.2) is 5.96 Å². The van der Waals surface area contributed by atoms with Gasteiger partial charge >= 0.3 is 12.2 Å². The Balaban J connectivity index is 1.83. The van der Waals surface area contributed by atoms with Crippen molar-refractivity contribution in [3.8, 4) is 0 Å². The normalized spacial score (nSPS) is 23.3. The molecule has 0 saturated carbocycles. The molecule has 3 rings (SSSR count). The number of carbonyl (C=O) groups excluding carboxylic acids is 1. The molecule has 2 aliphatic rings. The highest BCUT2D eigenvalue weighted by Crippen LogP contribution is 2.36. The van der Waals surface area contributed by atoms with E-state index in [1.165, 1.54) is 21.9 Å². The van der Waals surface area contributed by atoms with Crippen LogP contribution in [0.15, 0.2) is 35.5 Å². The molecule has 2 saturated heterocycles. The number of halogens is 4. The maximum Gasteiger partial charge on any atom is 0.417 e. The van der Waals surface area contributed by atoms with E-state index >= 15 is 0 Å². The van der Waals surface area contributed by atoms with Crippen molar-refractivity contribution in [2.45, 2.75) is 31.3 Å². The van der Waals surface area contributed by atoms with Gasteiger partial charge in [0.05, 0.1) is 17.1 Å². The Hall–Kier alpha value is -2.46. The van der Waals surface area contributed by atoms with Gasteiger partial charge in [-0.3, -0.25) is 9.89 Å². The zero-order valence-electron chi connectivity index (χ0n) is 16.6. The minimum absolute atomic E-state index is 0.0297. The lowest BCUT2D eigenvalue weighted by atomic mass is 10.1. The van der Waals surface area contributed by atoms with Gasteiger partial charge < -0.3 is 20.2 Å². The molecule has 1 aromatic rings. The number of amides is 2. The van der Waals surface area contributed by atoms with Crippen LogP contribution in [0.2, 0.25) is 5.02 Å². The van der Waals surface area contributed by atoms with Crippen LogP contribution in [-0.2, 0) is 12.7 Å². The number of benzene rings is 1. The molecule has 2 aliphatic heterocycles. The molecule has 0 radical (unpaired) electrons. The fraction of sp³-hybridized carbons (Fsp3) is 0.474. The van der Waals surface area contributed by atoms with E-state index in [1.54, 1.807) is 7.05 Å². The summed E-state index contributed by atoms with van der Waals surface area (Å²) in [7, 11) is 3.45. The fourth-order valence-electron chi connectivity index (χ4n) is 3.61. The van der Waals surface area contributed by atoms with E-state index in [4.69, 9.17) is 16.7 Å². The topological polar surface area (TPSA) is 71.4 Å². The number of aliphatic imine (C=N–C) groups is 1. The second-order valence-electron chi connectivity index (χ2n) is 7.21. The Morgan fingerprint density at radius 3 is 2.60 bits per heavy atom. The first-order valence-electron chi connectivity index (χ1n) is 9.29. The maximum atomic E-state index is 12.9. The van der Waals surface area contributed by atoms with Crippen LogP contribution < -0.4 is 5.32 Å². The zero-order chi connectivity index (χ0) is 22.2. The lowest BCUT2D eigenvalue weighted by molar-refractivity contribution is -0.137. The van der Waals surface area contributed by atoms with Gasteiger partial charge in [0.1, 0.15) is 12.2 Å². The van der Waals surface area contributed by atoms with Crippen LogP contribution in [-0.4, -0.2) is 71.3 Å². The first kappa shape index (κ1) is 22.2. The van der Waals surface area contributed by atoms with E-state index in [1.807, 2.05) is 11.9 Å². The Morgan fingerprint density at radius 2 is 2.00 bits per heavy atom. The fourth-order valence-corrected chi connectivity index (χ4v) is 3.92. The SMILES string of the molecule is C=C1C2C(NC(=NCCCO)N2C)N(C)C(=O)N1Cc1ccc(C(F)(F)F)c(Cl)c1. The molecular formula is C19H23ClF3N5O2. The second kappa shape index (κ2) is 8.35. The van der Waals surface area contributed by atoms with Crippen LogP contribution in [0, 0.1) is 0 Å². The number of aliphatic hydroxyl groups excluding tert-OH is 1. The molecule has 164 valence electrons. The molecular weight excluding hydrogens is 423 g/mol. The van der Waals surface area contributed by atoms with Gasteiger partial charge in [-0.05, 0) is 24.1 Å². The summed E-state index contributed by atoms with van der Waals surface area (Å²) in [5, 5.41) is 11.7. The van der Waals surface area contributed by atoms with Crippen LogP contribution >= 0.6 is 11.6 Å². The summed E-state index contributed by atoms with van der Waals surface area (Å²) in [6.07, 6.45) is -4.40. The second-order valence-corrected chi connectivity index (χ2v) is 7.62. The first-order valence-corrected chi connectivity index (χ1v) is 9.67. The zero-order valence-corrected chi connectivity index (χ0v) is 17.3. The highest BCUT2D eigenvalue weighted by atomic mass is 35.5. The largest absolute Gasteiger partial charge is 0.417 e. The Bertz CT molecular complexity index is 876. The number of likely N-dealkylation sites (N-methyl/N-ethyl adjacent to an activating group) is 2. The summed E-state index contributed by atoms with van der Waals surface area (Å²) in [5.41, 5.74) is 0.0404. The van der Waals surface area contributed by atoms with Crippen LogP contribution in [0.1, 0.15) is 17.5 Å². The van der Waals surface area contributed by atoms with Gasteiger partial charge in [0.25, 0.3) is 0 Å². The summed E-state index contributed by atoms with van der Waals surface area (Å²) in [6, 6.07) is 2.80. The summed E-state index contributed by atoms with van der Waals surface area (Å²) in [5.74, 6) is 0.582. The van der Waals surface area contributed by atoms with Crippen molar-refractivity contribution in [3.05, 3.63) is 46.6 Å². The molecule has 30 heavy (non-hydrogen) atoms. The highest BCUT2D eigenvalue weighted by Gasteiger charge is 2.48. The van der Waals surface area contributed by atoms with Gasteiger partial charge in [0, 0.05) is 32.9 Å². The molecule has 0 aliphatic carbocycles. The molecule has 2 fully saturated rings. The van der Waals surface area contributed by atoms with Crippen molar-refractivity contribution < 1.29 is 23.1 Å². The number of fused-ring (bicyclic) bond motifs is 1. The monoisotopic (exact) mass is 445 g/mol. The molecule has 2 heterocycles. The van der Waals surface area contributed by atoms with E-state index in [0.29, 0.717) is 30.2 Å². The van der Waals surface area contributed by atoms with Gasteiger partial charge in [-0.1, -0.05) is 24.2 Å². The summed E-state index contributed by atoms with van der Waals surface area (Å²) >= 11 is 5.82. The average molecular weight is 446 g/mol. The molecule has 2 atom stereocenters. The third-order valence-corrected chi connectivity index (χ3v) is 5.54. The minimum Gasteiger partial charge on any atom is -0.396 e. The number of alkyl halides is 3. The number of guanidine groups is 1. The molecule has 0 aromatic heterocycles. The molecule has 7 nitrogen and oxygen atoms in total. The Kier molecular flexibility index (Phi) is 6.19. The molecule has 2 N–H and O–H groups in total. The number of aliphatic hydroxyl groups is 1. The van der Waals surface area contributed by atoms with Crippen molar-refractivity contribution in [2.75, 3.05) is 27.2 Å². The molecule has 11 heteroatoms. The number of rotatable bonds is 5. The molecule has 0 bridgehead atoms. The molecule has 2 unspecified atom stereocenters. The third kappa shape index (κ3) is 4.06. The van der Waals surface area contributed by atoms with E-state index in [0.717, 1.165) is 6.07 Å². The van der Waals surface area contributed by atoms with Gasteiger partial charge in [-0.25, -0.2) is 4.79 Å². The molecule has 0 spiro atoms. The number of nitrogens with one attached hydrogen (secondary N) is 1. The smallest absolute Gasteiger partial charge is 0.396 e. The molecule has 1 aromatic carbocycles. The predicted octanol–water partition coefficient (Wildman–Crippen LogP) is 2.71. The van der Waals surface area contributed by atoms with Gasteiger partial charge in [0.2, 0.25) is 0 Å². The number of nitrogens with zero attached hydrogens (tertiary/aromatic N) is 4. The number of hydrogen-bond acceptors (Lipinski definition) is 3. The predicted molar refractivity (Wildman–Crippen MR) is 107 cm³/mol. The standard InChI is InChI=1S/C19H23ClF3N5O2/c1-11-15-16(25-17(26(15)2)24-7-4-8-29)27(3)18(30)28(11)10-12-5-6-13(14(20)9-12)19(21,22)23/h5-6,9,15-16,29H,1,4,7-8,10H2,2-3H3,(H,24,25). The lowest BCUT2D eigenvalue weighted by Crippen LogP contribution is -2.61. The van der Waals surface area contributed by atoms with Crippen molar-refractivity contribution in [1.29, 1.82) is 0 Å². The number of hydrogen-bond donors (Lipinski definition) is 2. The minimum atomic E-state index is -4.54. The molecule has 2 amide bonds.